The van der Waals surface area contributed by atoms with Crippen molar-refractivity contribution in [3.05, 3.63) is 47.5 Å². The maximum Gasteiger partial charge on any atom is 0.243 e. The summed E-state index contributed by atoms with van der Waals surface area (Å²) in [5.41, 5.74) is 0.492. The summed E-state index contributed by atoms with van der Waals surface area (Å²) in [6.07, 6.45) is 0. The molecule has 2 aromatic carbocycles. The summed E-state index contributed by atoms with van der Waals surface area (Å²) in [4.78, 5) is 12.2. The topological polar surface area (TPSA) is 84.9 Å². The molecular formula is C16H15ClN2O5S. The number of ether oxygens (including phenoxy) is 2. The summed E-state index contributed by atoms with van der Waals surface area (Å²) in [5, 5.41) is 3.07. The van der Waals surface area contributed by atoms with E-state index in [2.05, 4.69) is 5.32 Å². The van der Waals surface area contributed by atoms with Crippen molar-refractivity contribution in [2.75, 3.05) is 25.7 Å². The highest BCUT2D eigenvalue weighted by Gasteiger charge is 2.23. The molecular weight excluding hydrogens is 368 g/mol. The van der Waals surface area contributed by atoms with Crippen LogP contribution in [-0.4, -0.2) is 39.0 Å². The monoisotopic (exact) mass is 382 g/mol. The van der Waals surface area contributed by atoms with E-state index in [4.69, 9.17) is 21.1 Å². The molecule has 25 heavy (non-hydrogen) atoms. The lowest BCUT2D eigenvalue weighted by Crippen LogP contribution is -2.34. The number of hydrogen-bond donors (Lipinski definition) is 1. The van der Waals surface area contributed by atoms with Crippen molar-refractivity contribution >= 4 is 33.2 Å². The quantitative estimate of drug-likeness (QED) is 0.857. The van der Waals surface area contributed by atoms with Gasteiger partial charge in [0, 0.05) is 23.8 Å². The minimum Gasteiger partial charge on any atom is -0.454 e. The number of carbonyl (C=O) groups is 1. The van der Waals surface area contributed by atoms with Crippen LogP contribution >= 0.6 is 11.6 Å². The van der Waals surface area contributed by atoms with Gasteiger partial charge in [-0.05, 0) is 36.4 Å². The summed E-state index contributed by atoms with van der Waals surface area (Å²) < 4.78 is 36.3. The number of nitrogens with zero attached hydrogens (tertiary/aromatic N) is 1. The van der Waals surface area contributed by atoms with Crippen LogP contribution in [-0.2, 0) is 14.8 Å². The maximum absolute atomic E-state index is 12.5. The molecule has 9 heteroatoms. The van der Waals surface area contributed by atoms with Crippen molar-refractivity contribution in [1.29, 1.82) is 0 Å². The molecule has 0 fully saturated rings. The second-order valence-electron chi connectivity index (χ2n) is 5.33. The molecule has 1 aliphatic heterocycles. The van der Waals surface area contributed by atoms with Crippen molar-refractivity contribution in [2.45, 2.75) is 4.90 Å². The average molecular weight is 383 g/mol. The van der Waals surface area contributed by atoms with E-state index in [0.717, 1.165) is 4.31 Å². The van der Waals surface area contributed by atoms with Crippen LogP contribution in [0.3, 0.4) is 0 Å². The van der Waals surface area contributed by atoms with Crippen LogP contribution in [0.25, 0.3) is 0 Å². The maximum atomic E-state index is 12.5. The van der Waals surface area contributed by atoms with Crippen molar-refractivity contribution in [3.8, 4) is 11.5 Å². The van der Waals surface area contributed by atoms with E-state index in [-0.39, 0.29) is 18.2 Å². The summed E-state index contributed by atoms with van der Waals surface area (Å²) in [6, 6.07) is 10.7. The Bertz CT molecular complexity index is 899. The number of halogens is 1. The molecule has 132 valence electrons. The fourth-order valence-corrected chi connectivity index (χ4v) is 3.50. The SMILES string of the molecule is CN(CC(=O)Nc1ccc2c(c1)OCO2)S(=O)(=O)c1ccc(Cl)cc1. The normalized spacial score (nSPS) is 13.1. The molecule has 2 aromatic rings. The van der Waals surface area contributed by atoms with Gasteiger partial charge in [0.1, 0.15) is 0 Å². The van der Waals surface area contributed by atoms with Crippen LogP contribution in [0.15, 0.2) is 47.4 Å². The predicted molar refractivity (Wildman–Crippen MR) is 92.5 cm³/mol. The zero-order chi connectivity index (χ0) is 18.0. The van der Waals surface area contributed by atoms with E-state index in [9.17, 15) is 13.2 Å². The first-order valence-corrected chi connectivity index (χ1v) is 9.09. The number of hydrogen-bond acceptors (Lipinski definition) is 5. The van der Waals surface area contributed by atoms with Crippen LogP contribution in [0.1, 0.15) is 0 Å². The second kappa shape index (κ2) is 6.91. The van der Waals surface area contributed by atoms with Gasteiger partial charge in [-0.15, -0.1) is 0 Å². The first kappa shape index (κ1) is 17.5. The van der Waals surface area contributed by atoms with Crippen LogP contribution in [0.2, 0.25) is 5.02 Å². The lowest BCUT2D eigenvalue weighted by Gasteiger charge is -2.17. The highest BCUT2D eigenvalue weighted by atomic mass is 35.5. The third-order valence-corrected chi connectivity index (χ3v) is 5.61. The molecule has 3 rings (SSSR count). The lowest BCUT2D eigenvalue weighted by molar-refractivity contribution is -0.116. The van der Waals surface area contributed by atoms with Crippen LogP contribution in [0.5, 0.6) is 11.5 Å². The van der Waals surface area contributed by atoms with Crippen LogP contribution in [0.4, 0.5) is 5.69 Å². The minimum atomic E-state index is -3.78. The summed E-state index contributed by atoms with van der Waals surface area (Å²) in [6.45, 7) is -0.200. The number of amides is 1. The van der Waals surface area contributed by atoms with E-state index in [1.165, 1.54) is 31.3 Å². The molecule has 0 aromatic heterocycles. The van der Waals surface area contributed by atoms with Gasteiger partial charge in [-0.1, -0.05) is 11.6 Å². The number of anilines is 1. The lowest BCUT2D eigenvalue weighted by atomic mass is 10.3. The highest BCUT2D eigenvalue weighted by Crippen LogP contribution is 2.34. The van der Waals surface area contributed by atoms with Gasteiger partial charge in [-0.25, -0.2) is 8.42 Å². The zero-order valence-corrected chi connectivity index (χ0v) is 14.8. The Morgan fingerprint density at radius 1 is 1.16 bits per heavy atom. The highest BCUT2D eigenvalue weighted by molar-refractivity contribution is 7.89. The van der Waals surface area contributed by atoms with Gasteiger partial charge in [0.25, 0.3) is 0 Å². The average Bonchev–Trinajstić information content (AvgIpc) is 3.02. The van der Waals surface area contributed by atoms with E-state index < -0.39 is 15.9 Å². The Kier molecular flexibility index (Phi) is 4.85. The van der Waals surface area contributed by atoms with Crippen molar-refractivity contribution in [3.63, 3.8) is 0 Å². The molecule has 0 unspecified atom stereocenters. The first-order valence-electron chi connectivity index (χ1n) is 7.28. The molecule has 0 radical (unpaired) electrons. The van der Waals surface area contributed by atoms with Crippen molar-refractivity contribution in [2.24, 2.45) is 0 Å². The molecule has 1 N–H and O–H groups in total. The number of nitrogens with one attached hydrogen (secondary N) is 1. The Labute approximate surface area is 150 Å². The molecule has 0 bridgehead atoms. The van der Waals surface area contributed by atoms with Gasteiger partial charge >= 0.3 is 0 Å². The fourth-order valence-electron chi connectivity index (χ4n) is 2.25. The smallest absolute Gasteiger partial charge is 0.243 e. The largest absolute Gasteiger partial charge is 0.454 e. The molecule has 1 amide bonds. The Hall–Kier alpha value is -2.29. The zero-order valence-electron chi connectivity index (χ0n) is 13.2. The summed E-state index contributed by atoms with van der Waals surface area (Å²) >= 11 is 5.76. The summed E-state index contributed by atoms with van der Waals surface area (Å²) in [5.74, 6) is 0.652. The van der Waals surface area contributed by atoms with Crippen LogP contribution < -0.4 is 14.8 Å². The number of fused-ring (bicyclic) bond motifs is 1. The molecule has 0 aliphatic carbocycles. The number of likely N-dealkylation sites (N-methyl/N-ethyl adjacent to an activating group) is 1. The first-order chi connectivity index (χ1) is 11.9. The summed E-state index contributed by atoms with van der Waals surface area (Å²) in [7, 11) is -2.45. The van der Waals surface area contributed by atoms with E-state index in [1.54, 1.807) is 18.2 Å². The predicted octanol–water partition coefficient (Wildman–Crippen LogP) is 2.33. The van der Waals surface area contributed by atoms with Gasteiger partial charge < -0.3 is 14.8 Å². The number of carbonyl (C=O) groups excluding carboxylic acids is 1. The Balaban J connectivity index is 1.66. The van der Waals surface area contributed by atoms with E-state index in [1.807, 2.05) is 0 Å². The third-order valence-electron chi connectivity index (χ3n) is 3.54. The van der Waals surface area contributed by atoms with Gasteiger partial charge in [0.05, 0.1) is 11.4 Å². The fraction of sp³-hybridized carbons (Fsp3) is 0.188. The second-order valence-corrected chi connectivity index (χ2v) is 7.81. The molecule has 0 spiro atoms. The van der Waals surface area contributed by atoms with E-state index >= 15 is 0 Å². The van der Waals surface area contributed by atoms with E-state index in [0.29, 0.717) is 22.2 Å². The van der Waals surface area contributed by atoms with Gasteiger partial charge in [0.2, 0.25) is 22.7 Å². The van der Waals surface area contributed by atoms with Crippen LogP contribution in [0, 0.1) is 0 Å². The van der Waals surface area contributed by atoms with Gasteiger partial charge in [-0.2, -0.15) is 4.31 Å². The molecule has 0 saturated heterocycles. The minimum absolute atomic E-state index is 0.0651. The Morgan fingerprint density at radius 3 is 2.56 bits per heavy atom. The van der Waals surface area contributed by atoms with Gasteiger partial charge in [-0.3, -0.25) is 4.79 Å². The molecule has 7 nitrogen and oxygen atoms in total. The molecule has 0 saturated carbocycles. The van der Waals surface area contributed by atoms with Gasteiger partial charge in [0.15, 0.2) is 11.5 Å². The number of rotatable bonds is 5. The Morgan fingerprint density at radius 2 is 1.84 bits per heavy atom. The third kappa shape index (κ3) is 3.87. The van der Waals surface area contributed by atoms with Crippen molar-refractivity contribution in [1.82, 2.24) is 4.31 Å². The number of benzene rings is 2. The number of sulfonamides is 1. The molecule has 1 heterocycles. The van der Waals surface area contributed by atoms with Crippen molar-refractivity contribution < 1.29 is 22.7 Å². The molecule has 1 aliphatic rings. The standard InChI is InChI=1S/C16H15ClN2O5S/c1-19(25(21,22)13-5-2-11(17)3-6-13)9-16(20)18-12-4-7-14-15(8-12)24-10-23-14/h2-8H,9-10H2,1H3,(H,18,20). The molecule has 0 atom stereocenters.